The molecule has 0 radical (unpaired) electrons. The van der Waals surface area contributed by atoms with Gasteiger partial charge in [-0.05, 0) is 30.5 Å². The van der Waals surface area contributed by atoms with Crippen molar-refractivity contribution in [3.05, 3.63) is 12.3 Å². The first-order valence-corrected chi connectivity index (χ1v) is 14.6. The maximum absolute atomic E-state index is 4.07. The van der Waals surface area contributed by atoms with Gasteiger partial charge >= 0.3 is 0 Å². The second-order valence-electron chi connectivity index (χ2n) is 8.88. The van der Waals surface area contributed by atoms with Crippen LogP contribution in [0.1, 0.15) is 46.5 Å². The van der Waals surface area contributed by atoms with Gasteiger partial charge in [0.05, 0.1) is 8.07 Å². The van der Waals surface area contributed by atoms with E-state index in [0.29, 0.717) is 5.04 Å². The minimum Gasteiger partial charge on any atom is -0.321 e. The molecule has 0 amide bonds. The molecule has 0 aromatic rings. The maximum Gasteiger partial charge on any atom is 0.127 e. The van der Waals surface area contributed by atoms with Crippen molar-refractivity contribution < 1.29 is 0 Å². The van der Waals surface area contributed by atoms with Gasteiger partial charge < -0.3 is 4.57 Å². The molecule has 0 unspecified atom stereocenters. The Morgan fingerprint density at radius 1 is 1.10 bits per heavy atom. The van der Waals surface area contributed by atoms with E-state index in [1.54, 1.807) is 0 Å². The summed E-state index contributed by atoms with van der Waals surface area (Å²) < 4.78 is 2.98. The highest BCUT2D eigenvalue weighted by atomic mass is 28.3. The highest BCUT2D eigenvalue weighted by Crippen LogP contribution is 2.42. The van der Waals surface area contributed by atoms with E-state index in [4.69, 9.17) is 0 Å². The molecule has 1 rings (SSSR count). The zero-order chi connectivity index (χ0) is 15.6. The molecule has 3 heteroatoms. The van der Waals surface area contributed by atoms with Gasteiger partial charge in [0.15, 0.2) is 0 Å². The topological polar surface area (TPSA) is 3.24 Å². The summed E-state index contributed by atoms with van der Waals surface area (Å²) in [6.45, 7) is 22.8. The number of hydrogen-bond acceptors (Lipinski definition) is 1. The fraction of sp³-hybridized carbons (Fsp3) is 0.882. The Bertz CT molecular complexity index is 322. The largest absolute Gasteiger partial charge is 0.321 e. The smallest absolute Gasteiger partial charge is 0.127 e. The lowest BCUT2D eigenvalue weighted by molar-refractivity contribution is 0.315. The minimum atomic E-state index is -1.39. The van der Waals surface area contributed by atoms with E-state index in [2.05, 4.69) is 63.8 Å². The fourth-order valence-electron chi connectivity index (χ4n) is 3.08. The van der Waals surface area contributed by atoms with E-state index in [-0.39, 0.29) is 0 Å². The average Bonchev–Trinajstić information content (AvgIpc) is 2.81. The summed E-state index contributed by atoms with van der Waals surface area (Å²) in [7, 11) is -2.58. The van der Waals surface area contributed by atoms with E-state index in [0.717, 1.165) is 6.04 Å². The van der Waals surface area contributed by atoms with Crippen LogP contribution in [0.4, 0.5) is 0 Å². The highest BCUT2D eigenvalue weighted by Gasteiger charge is 2.44. The van der Waals surface area contributed by atoms with Crippen LogP contribution in [0, 0.1) is 0 Å². The van der Waals surface area contributed by atoms with Gasteiger partial charge in [-0.1, -0.05) is 59.8 Å². The molecule has 0 aromatic carbocycles. The van der Waals surface area contributed by atoms with E-state index in [1.165, 1.54) is 38.3 Å². The molecular weight excluding hydrogens is 274 g/mol. The predicted octanol–water partition coefficient (Wildman–Crippen LogP) is 5.67. The summed E-state index contributed by atoms with van der Waals surface area (Å²) >= 11 is 0. The molecule has 0 aliphatic heterocycles. The van der Waals surface area contributed by atoms with Crippen LogP contribution in [0.3, 0.4) is 0 Å². The summed E-state index contributed by atoms with van der Waals surface area (Å²) in [5.74, 6) is 0. The Kier molecular flexibility index (Phi) is 5.90. The third kappa shape index (κ3) is 4.31. The van der Waals surface area contributed by atoms with Crippen molar-refractivity contribution in [3.63, 3.8) is 0 Å². The lowest BCUT2D eigenvalue weighted by atomic mass is 10.2. The summed E-state index contributed by atoms with van der Waals surface area (Å²) in [6.07, 6.45) is 5.75. The fourth-order valence-corrected chi connectivity index (χ4v) is 7.02. The quantitative estimate of drug-likeness (QED) is 0.571. The lowest BCUT2D eigenvalue weighted by Gasteiger charge is -2.49. The monoisotopic (exact) mass is 311 g/mol. The summed E-state index contributed by atoms with van der Waals surface area (Å²) in [5, 5.41) is 0.454. The highest BCUT2D eigenvalue weighted by molar-refractivity contribution is 6.82. The van der Waals surface area contributed by atoms with E-state index < -0.39 is 16.3 Å². The Balaban J connectivity index is 2.88. The van der Waals surface area contributed by atoms with Gasteiger partial charge in [0.25, 0.3) is 0 Å². The van der Waals surface area contributed by atoms with E-state index >= 15 is 0 Å². The van der Waals surface area contributed by atoms with Gasteiger partial charge in [-0.15, -0.1) is 12.3 Å². The van der Waals surface area contributed by atoms with Gasteiger partial charge in [0.2, 0.25) is 0 Å². The molecule has 1 nitrogen and oxygen atoms in total. The van der Waals surface area contributed by atoms with Crippen molar-refractivity contribution in [2.75, 3.05) is 6.54 Å². The first-order valence-electron chi connectivity index (χ1n) is 8.42. The zero-order valence-corrected chi connectivity index (χ0v) is 17.1. The molecular formula is C17H37NSi2. The molecule has 0 bridgehead atoms. The van der Waals surface area contributed by atoms with Gasteiger partial charge in [-0.25, -0.2) is 0 Å². The molecule has 0 heterocycles. The SMILES string of the molecule is C=C[Si](C)(C)CCN(C1CCCC1)[Si](C)(C)C(C)(C)C. The van der Waals surface area contributed by atoms with Crippen molar-refractivity contribution in [1.29, 1.82) is 0 Å². The molecule has 1 saturated carbocycles. The Hall–Kier alpha value is 0.134. The van der Waals surface area contributed by atoms with Crippen LogP contribution < -0.4 is 0 Å². The molecule has 0 spiro atoms. The van der Waals surface area contributed by atoms with Crippen molar-refractivity contribution in [1.82, 2.24) is 4.57 Å². The van der Waals surface area contributed by atoms with Gasteiger partial charge in [-0.3, -0.25) is 0 Å². The van der Waals surface area contributed by atoms with Crippen molar-refractivity contribution in [2.24, 2.45) is 0 Å². The van der Waals surface area contributed by atoms with Crippen LogP contribution in [-0.4, -0.2) is 33.5 Å². The lowest BCUT2D eigenvalue weighted by Crippen LogP contribution is -2.59. The first-order chi connectivity index (χ1) is 9.01. The third-order valence-electron chi connectivity index (χ3n) is 5.87. The van der Waals surface area contributed by atoms with Crippen LogP contribution in [0.2, 0.25) is 37.3 Å². The van der Waals surface area contributed by atoms with Crippen molar-refractivity contribution in [2.45, 2.75) is 89.8 Å². The zero-order valence-electron chi connectivity index (χ0n) is 15.1. The Morgan fingerprint density at radius 3 is 2.00 bits per heavy atom. The molecule has 1 aliphatic carbocycles. The first kappa shape index (κ1) is 18.2. The predicted molar refractivity (Wildman–Crippen MR) is 98.6 cm³/mol. The second-order valence-corrected chi connectivity index (χ2v) is 19.0. The standard InChI is InChI=1S/C17H37NSi2/c1-9-19(5,6)15-14-18(16-12-10-11-13-16)20(7,8)17(2,3)4/h9,16H,1,10-15H2,2-8H3. The van der Waals surface area contributed by atoms with Crippen LogP contribution >= 0.6 is 0 Å². The molecule has 1 fully saturated rings. The third-order valence-corrected chi connectivity index (χ3v) is 14.2. The van der Waals surface area contributed by atoms with Crippen molar-refractivity contribution in [3.8, 4) is 0 Å². The van der Waals surface area contributed by atoms with Gasteiger partial charge in [0, 0.05) is 6.04 Å². The summed E-state index contributed by atoms with van der Waals surface area (Å²) in [6, 6.07) is 2.24. The maximum atomic E-state index is 4.07. The Morgan fingerprint density at radius 2 is 1.60 bits per heavy atom. The molecule has 0 N–H and O–H groups in total. The van der Waals surface area contributed by atoms with Gasteiger partial charge in [0.1, 0.15) is 8.24 Å². The average molecular weight is 312 g/mol. The normalized spacial score (nSPS) is 18.8. The van der Waals surface area contributed by atoms with Crippen molar-refractivity contribution >= 4 is 16.3 Å². The second kappa shape index (κ2) is 6.49. The summed E-state index contributed by atoms with van der Waals surface area (Å²) in [5.41, 5.74) is 2.27. The van der Waals surface area contributed by atoms with Crippen LogP contribution in [0.25, 0.3) is 0 Å². The molecule has 0 atom stereocenters. The molecule has 0 aromatic heterocycles. The number of nitrogens with zero attached hydrogens (tertiary/aromatic N) is 1. The van der Waals surface area contributed by atoms with E-state index in [1.807, 2.05) is 0 Å². The Labute approximate surface area is 129 Å². The summed E-state index contributed by atoms with van der Waals surface area (Å²) in [4.78, 5) is 0. The van der Waals surface area contributed by atoms with Crippen LogP contribution in [0.15, 0.2) is 12.3 Å². The minimum absolute atomic E-state index is 0.454. The molecule has 118 valence electrons. The molecule has 20 heavy (non-hydrogen) atoms. The number of rotatable bonds is 6. The van der Waals surface area contributed by atoms with Gasteiger partial charge in [-0.2, -0.15) is 0 Å². The van der Waals surface area contributed by atoms with E-state index in [9.17, 15) is 0 Å². The van der Waals surface area contributed by atoms with Crippen LogP contribution in [-0.2, 0) is 0 Å². The van der Waals surface area contributed by atoms with Crippen LogP contribution in [0.5, 0.6) is 0 Å². The number of hydrogen-bond donors (Lipinski definition) is 0. The molecule has 0 saturated heterocycles. The molecule has 1 aliphatic rings.